The first-order valence-corrected chi connectivity index (χ1v) is 10.6. The number of ether oxygens (including phenoxy) is 1. The fraction of sp³-hybridized carbons (Fsp3) is 0.625. The fourth-order valence-corrected chi connectivity index (χ4v) is 3.86. The summed E-state index contributed by atoms with van der Waals surface area (Å²) in [6, 6.07) is 0. The Morgan fingerprint density at radius 3 is 2.87 bits per heavy atom. The molecule has 2 aromatic rings. The summed E-state index contributed by atoms with van der Waals surface area (Å²) in [6.45, 7) is 3.12. The minimum Gasteiger partial charge on any atom is -0.388 e. The number of imidazole rings is 1. The highest BCUT2D eigenvalue weighted by molar-refractivity contribution is 7.85. The standard InChI is InChI=1S/C16H24N6O7S/c1-8(2)3-10(23)15(25)21-30(26,27)28-5-9-4-11(24)16(29-9)22-7-20-12-13(17)18-6-19-14(12)22/h6-11,16,23-24H,3-5H2,1-2H3,(H,21,25)(H2,17,18,19)/t9-,10-,11+,16+/m0/s1. The lowest BCUT2D eigenvalue weighted by atomic mass is 10.1. The average molecular weight is 444 g/mol. The Morgan fingerprint density at radius 2 is 2.17 bits per heavy atom. The van der Waals surface area contributed by atoms with Gasteiger partial charge in [0.05, 0.1) is 19.0 Å². The first kappa shape index (κ1) is 22.3. The van der Waals surface area contributed by atoms with Crippen LogP contribution in [0.5, 0.6) is 0 Å². The number of nitrogens with two attached hydrogens (primary N) is 1. The smallest absolute Gasteiger partial charge is 0.362 e. The molecule has 0 aromatic carbocycles. The molecule has 1 amide bonds. The minimum atomic E-state index is -4.46. The quantitative estimate of drug-likeness (QED) is 0.384. The van der Waals surface area contributed by atoms with Gasteiger partial charge < -0.3 is 20.7 Å². The van der Waals surface area contributed by atoms with Crippen LogP contribution in [-0.2, 0) is 24.0 Å². The molecule has 5 N–H and O–H groups in total. The molecule has 30 heavy (non-hydrogen) atoms. The van der Waals surface area contributed by atoms with Gasteiger partial charge in [-0.05, 0) is 12.3 Å². The van der Waals surface area contributed by atoms with Crippen molar-refractivity contribution in [3.8, 4) is 0 Å². The van der Waals surface area contributed by atoms with Crippen LogP contribution in [0.2, 0.25) is 0 Å². The predicted octanol–water partition coefficient (Wildman–Crippen LogP) is -1.16. The Balaban J connectivity index is 1.59. The maximum Gasteiger partial charge on any atom is 0.362 e. The Hall–Kier alpha value is -2.39. The first-order chi connectivity index (χ1) is 14.1. The predicted molar refractivity (Wildman–Crippen MR) is 103 cm³/mol. The highest BCUT2D eigenvalue weighted by Crippen LogP contribution is 2.31. The largest absolute Gasteiger partial charge is 0.388 e. The Bertz CT molecular complexity index is 1010. The Labute approximate surface area is 172 Å². The molecule has 166 valence electrons. The van der Waals surface area contributed by atoms with Crippen molar-refractivity contribution in [1.82, 2.24) is 24.2 Å². The third-order valence-electron chi connectivity index (χ3n) is 4.46. The number of aromatic nitrogens is 4. The number of carbonyl (C=O) groups is 1. The zero-order valence-electron chi connectivity index (χ0n) is 16.4. The van der Waals surface area contributed by atoms with Crippen LogP contribution in [0.25, 0.3) is 11.2 Å². The SMILES string of the molecule is CC(C)C[C@H](O)C(=O)NS(=O)(=O)OC[C@@H]1C[C@@H](O)[C@H](n2cnc3c(N)ncnc32)O1. The van der Waals surface area contributed by atoms with Gasteiger partial charge in [0.15, 0.2) is 17.7 Å². The highest BCUT2D eigenvalue weighted by atomic mass is 32.2. The second-order valence-electron chi connectivity index (χ2n) is 7.38. The molecule has 1 saturated heterocycles. The van der Waals surface area contributed by atoms with E-state index in [0.717, 1.165) is 0 Å². The zero-order valence-corrected chi connectivity index (χ0v) is 17.2. The number of aliphatic hydroxyl groups is 2. The second-order valence-corrected chi connectivity index (χ2v) is 8.73. The molecular weight excluding hydrogens is 420 g/mol. The lowest BCUT2D eigenvalue weighted by Gasteiger charge is -2.17. The van der Waals surface area contributed by atoms with Crippen molar-refractivity contribution in [3.05, 3.63) is 12.7 Å². The Morgan fingerprint density at radius 1 is 1.43 bits per heavy atom. The summed E-state index contributed by atoms with van der Waals surface area (Å²) in [4.78, 5) is 23.8. The van der Waals surface area contributed by atoms with Crippen LogP contribution < -0.4 is 10.5 Å². The molecule has 0 aliphatic carbocycles. The summed E-state index contributed by atoms with van der Waals surface area (Å²) < 4.78 is 37.5. The van der Waals surface area contributed by atoms with Crippen molar-refractivity contribution < 1.29 is 32.3 Å². The summed E-state index contributed by atoms with van der Waals surface area (Å²) in [7, 11) is -4.46. The first-order valence-electron chi connectivity index (χ1n) is 9.23. The van der Waals surface area contributed by atoms with Gasteiger partial charge in [-0.15, -0.1) is 0 Å². The molecule has 2 aromatic heterocycles. The maximum atomic E-state index is 12.0. The molecule has 0 saturated carbocycles. The molecule has 1 aliphatic rings. The van der Waals surface area contributed by atoms with Crippen molar-refractivity contribution in [2.45, 2.75) is 51.2 Å². The summed E-state index contributed by atoms with van der Waals surface area (Å²) in [5, 5.41) is 20.0. The van der Waals surface area contributed by atoms with Crippen molar-refractivity contribution in [2.75, 3.05) is 12.3 Å². The molecule has 13 nitrogen and oxygen atoms in total. The van der Waals surface area contributed by atoms with E-state index in [1.54, 1.807) is 18.6 Å². The van der Waals surface area contributed by atoms with Gasteiger partial charge in [-0.25, -0.2) is 19.7 Å². The average Bonchev–Trinajstić information content (AvgIpc) is 3.23. The van der Waals surface area contributed by atoms with Gasteiger partial charge in [0.1, 0.15) is 24.1 Å². The van der Waals surface area contributed by atoms with E-state index in [-0.39, 0.29) is 24.6 Å². The molecule has 14 heteroatoms. The number of hydrogen-bond acceptors (Lipinski definition) is 11. The van der Waals surface area contributed by atoms with Crippen LogP contribution in [0.15, 0.2) is 12.7 Å². The summed E-state index contributed by atoms with van der Waals surface area (Å²) in [5.74, 6) is -0.900. The fourth-order valence-electron chi connectivity index (χ4n) is 3.08. The number of nitrogens with zero attached hydrogens (tertiary/aromatic N) is 4. The molecule has 1 fully saturated rings. The number of carbonyl (C=O) groups excluding carboxylic acids is 1. The van der Waals surface area contributed by atoms with Gasteiger partial charge in [0, 0.05) is 6.42 Å². The molecule has 1 aliphatic heterocycles. The van der Waals surface area contributed by atoms with Crippen LogP contribution >= 0.6 is 0 Å². The molecule has 0 spiro atoms. The second kappa shape index (κ2) is 8.77. The molecule has 4 atom stereocenters. The molecule has 3 rings (SSSR count). The lowest BCUT2D eigenvalue weighted by molar-refractivity contribution is -0.128. The number of aliphatic hydroxyl groups excluding tert-OH is 2. The number of nitrogens with one attached hydrogen (secondary N) is 1. The number of fused-ring (bicyclic) bond motifs is 1. The topological polar surface area (TPSA) is 192 Å². The minimum absolute atomic E-state index is 0.000407. The molecule has 0 bridgehead atoms. The third-order valence-corrected chi connectivity index (χ3v) is 5.36. The van der Waals surface area contributed by atoms with Crippen molar-refractivity contribution in [3.63, 3.8) is 0 Å². The number of hydrogen-bond donors (Lipinski definition) is 4. The van der Waals surface area contributed by atoms with Gasteiger partial charge in [0.2, 0.25) is 0 Å². The van der Waals surface area contributed by atoms with E-state index in [2.05, 4.69) is 15.0 Å². The number of anilines is 1. The summed E-state index contributed by atoms with van der Waals surface area (Å²) in [6.07, 6.45) is -1.31. The molecule has 3 heterocycles. The number of amides is 1. The van der Waals surface area contributed by atoms with E-state index >= 15 is 0 Å². The zero-order chi connectivity index (χ0) is 22.1. The third kappa shape index (κ3) is 5.02. The van der Waals surface area contributed by atoms with Gasteiger partial charge >= 0.3 is 10.3 Å². The summed E-state index contributed by atoms with van der Waals surface area (Å²) >= 11 is 0. The van der Waals surface area contributed by atoms with Crippen LogP contribution in [0.3, 0.4) is 0 Å². The van der Waals surface area contributed by atoms with Gasteiger partial charge in [0.25, 0.3) is 5.91 Å². The monoisotopic (exact) mass is 444 g/mol. The lowest BCUT2D eigenvalue weighted by Crippen LogP contribution is -2.40. The van der Waals surface area contributed by atoms with E-state index in [9.17, 15) is 23.4 Å². The van der Waals surface area contributed by atoms with Crippen LogP contribution in [0.1, 0.15) is 32.9 Å². The van der Waals surface area contributed by atoms with Crippen LogP contribution in [-0.4, -0.2) is 69.0 Å². The van der Waals surface area contributed by atoms with E-state index in [0.29, 0.717) is 11.2 Å². The van der Waals surface area contributed by atoms with Gasteiger partial charge in [-0.2, -0.15) is 8.42 Å². The summed E-state index contributed by atoms with van der Waals surface area (Å²) in [5.41, 5.74) is 6.44. The maximum absolute atomic E-state index is 12.0. The molecular formula is C16H24N6O7S. The molecule has 0 radical (unpaired) electrons. The van der Waals surface area contributed by atoms with Crippen LogP contribution in [0, 0.1) is 5.92 Å². The van der Waals surface area contributed by atoms with E-state index in [4.69, 9.17) is 14.7 Å². The van der Waals surface area contributed by atoms with Gasteiger partial charge in [-0.3, -0.25) is 13.5 Å². The van der Waals surface area contributed by atoms with Gasteiger partial charge in [-0.1, -0.05) is 13.8 Å². The van der Waals surface area contributed by atoms with Crippen molar-refractivity contribution >= 4 is 33.2 Å². The van der Waals surface area contributed by atoms with E-state index in [1.165, 1.54) is 17.2 Å². The Kier molecular flexibility index (Phi) is 6.52. The number of rotatable bonds is 8. The normalized spacial score (nSPS) is 23.2. The number of nitrogen functional groups attached to an aromatic ring is 1. The van der Waals surface area contributed by atoms with E-state index in [1.807, 2.05) is 0 Å². The van der Waals surface area contributed by atoms with Crippen molar-refractivity contribution in [2.24, 2.45) is 5.92 Å². The van der Waals surface area contributed by atoms with Crippen LogP contribution in [0.4, 0.5) is 5.82 Å². The molecule has 0 unspecified atom stereocenters. The van der Waals surface area contributed by atoms with Crippen molar-refractivity contribution in [1.29, 1.82) is 0 Å². The van der Waals surface area contributed by atoms with E-state index < -0.39 is 47.4 Å². The highest BCUT2D eigenvalue weighted by Gasteiger charge is 2.37.